The molecule has 0 saturated heterocycles. The summed E-state index contributed by atoms with van der Waals surface area (Å²) in [5, 5.41) is 6.08. The van der Waals surface area contributed by atoms with E-state index in [9.17, 15) is 9.18 Å². The highest BCUT2D eigenvalue weighted by molar-refractivity contribution is 7.13. The van der Waals surface area contributed by atoms with E-state index < -0.39 is 6.67 Å². The molecule has 2 aromatic rings. The van der Waals surface area contributed by atoms with Crippen molar-refractivity contribution < 1.29 is 9.18 Å². The van der Waals surface area contributed by atoms with Crippen molar-refractivity contribution in [2.75, 3.05) is 6.67 Å². The molecule has 0 N–H and O–H groups in total. The molecule has 0 bridgehead atoms. The zero-order chi connectivity index (χ0) is 10.7. The average molecular weight is 224 g/mol. The van der Waals surface area contributed by atoms with Crippen molar-refractivity contribution in [2.45, 2.75) is 6.54 Å². The summed E-state index contributed by atoms with van der Waals surface area (Å²) in [4.78, 5) is 11.7. The van der Waals surface area contributed by atoms with Crippen molar-refractivity contribution in [1.82, 2.24) is 9.78 Å². The Labute approximate surface area is 90.2 Å². The lowest BCUT2D eigenvalue weighted by Gasteiger charge is -1.93. The molecule has 0 amide bonds. The molecule has 0 aliphatic rings. The maximum atomic E-state index is 12.1. The van der Waals surface area contributed by atoms with Gasteiger partial charge < -0.3 is 0 Å². The van der Waals surface area contributed by atoms with Crippen LogP contribution in [0.2, 0.25) is 0 Å². The Balaban J connectivity index is 2.41. The van der Waals surface area contributed by atoms with Crippen LogP contribution in [0.25, 0.3) is 10.6 Å². The van der Waals surface area contributed by atoms with E-state index >= 15 is 0 Å². The SMILES string of the molecule is O=Cc1cn(CCF)nc1-c1cccs1. The van der Waals surface area contributed by atoms with Gasteiger partial charge in [-0.1, -0.05) is 6.07 Å². The lowest BCUT2D eigenvalue weighted by molar-refractivity contribution is 0.112. The zero-order valence-electron chi connectivity index (χ0n) is 7.89. The van der Waals surface area contributed by atoms with E-state index in [-0.39, 0.29) is 6.54 Å². The van der Waals surface area contributed by atoms with Gasteiger partial charge in [0.2, 0.25) is 0 Å². The summed E-state index contributed by atoms with van der Waals surface area (Å²) in [5.41, 5.74) is 1.14. The molecular weight excluding hydrogens is 215 g/mol. The first kappa shape index (κ1) is 10.0. The molecule has 0 aliphatic heterocycles. The van der Waals surface area contributed by atoms with Crippen LogP contribution in [-0.2, 0) is 6.54 Å². The van der Waals surface area contributed by atoms with Gasteiger partial charge in [0.15, 0.2) is 6.29 Å². The molecule has 0 aromatic carbocycles. The Kier molecular flexibility index (Phi) is 2.91. The van der Waals surface area contributed by atoms with E-state index in [1.165, 1.54) is 16.0 Å². The zero-order valence-corrected chi connectivity index (χ0v) is 8.71. The van der Waals surface area contributed by atoms with E-state index in [0.29, 0.717) is 11.3 Å². The third-order valence-corrected chi connectivity index (χ3v) is 2.86. The lowest BCUT2D eigenvalue weighted by Crippen LogP contribution is -1.99. The van der Waals surface area contributed by atoms with Gasteiger partial charge in [-0.25, -0.2) is 4.39 Å². The van der Waals surface area contributed by atoms with Gasteiger partial charge in [-0.2, -0.15) is 5.10 Å². The monoisotopic (exact) mass is 224 g/mol. The minimum atomic E-state index is -0.482. The van der Waals surface area contributed by atoms with Gasteiger partial charge in [-0.15, -0.1) is 11.3 Å². The van der Waals surface area contributed by atoms with E-state index in [1.807, 2.05) is 17.5 Å². The molecule has 78 valence electrons. The number of carbonyl (C=O) groups is 1. The molecule has 3 nitrogen and oxygen atoms in total. The Morgan fingerprint density at radius 3 is 3.07 bits per heavy atom. The average Bonchev–Trinajstić information content (AvgIpc) is 2.84. The molecule has 0 aliphatic carbocycles. The molecule has 0 atom stereocenters. The van der Waals surface area contributed by atoms with Gasteiger partial charge in [0.1, 0.15) is 12.4 Å². The fourth-order valence-corrected chi connectivity index (χ4v) is 2.06. The Morgan fingerprint density at radius 2 is 2.47 bits per heavy atom. The van der Waals surface area contributed by atoms with Gasteiger partial charge in [-0.05, 0) is 11.4 Å². The largest absolute Gasteiger partial charge is 0.298 e. The first-order valence-electron chi connectivity index (χ1n) is 4.47. The van der Waals surface area contributed by atoms with Crippen LogP contribution in [0.3, 0.4) is 0 Å². The molecule has 0 saturated carbocycles. The topological polar surface area (TPSA) is 34.9 Å². The molecule has 0 spiro atoms. The summed E-state index contributed by atoms with van der Waals surface area (Å²) in [6.45, 7) is -0.296. The molecule has 2 heterocycles. The predicted molar refractivity (Wildman–Crippen MR) is 56.9 cm³/mol. The van der Waals surface area contributed by atoms with Gasteiger partial charge in [0.05, 0.1) is 17.0 Å². The summed E-state index contributed by atoms with van der Waals surface area (Å²) < 4.78 is 13.6. The van der Waals surface area contributed by atoms with E-state index in [0.717, 1.165) is 11.2 Å². The van der Waals surface area contributed by atoms with Gasteiger partial charge in [0.25, 0.3) is 0 Å². The third-order valence-electron chi connectivity index (χ3n) is 1.99. The summed E-state index contributed by atoms with van der Waals surface area (Å²) in [7, 11) is 0. The summed E-state index contributed by atoms with van der Waals surface area (Å²) in [6.07, 6.45) is 2.32. The first-order chi connectivity index (χ1) is 7.35. The molecule has 2 aromatic heterocycles. The summed E-state index contributed by atoms with van der Waals surface area (Å²) >= 11 is 1.51. The molecule has 0 radical (unpaired) electrons. The molecular formula is C10H9FN2OS. The predicted octanol–water partition coefficient (Wildman–Crippen LogP) is 2.39. The smallest absolute Gasteiger partial charge is 0.153 e. The second-order valence-corrected chi connectivity index (χ2v) is 3.93. The van der Waals surface area contributed by atoms with Gasteiger partial charge >= 0.3 is 0 Å². The number of aldehydes is 1. The van der Waals surface area contributed by atoms with Crippen molar-refractivity contribution >= 4 is 17.6 Å². The highest BCUT2D eigenvalue weighted by Gasteiger charge is 2.10. The number of rotatable bonds is 4. The van der Waals surface area contributed by atoms with Crippen LogP contribution >= 0.6 is 11.3 Å². The molecule has 5 heteroatoms. The van der Waals surface area contributed by atoms with Crippen molar-refractivity contribution in [2.24, 2.45) is 0 Å². The van der Waals surface area contributed by atoms with Crippen molar-refractivity contribution in [3.63, 3.8) is 0 Å². The standard InChI is InChI=1S/C10H9FN2OS/c11-3-4-13-6-8(7-14)10(12-13)9-2-1-5-15-9/h1-2,5-7H,3-4H2. The lowest BCUT2D eigenvalue weighted by atomic mass is 10.2. The molecule has 0 unspecified atom stereocenters. The highest BCUT2D eigenvalue weighted by atomic mass is 32.1. The molecule has 2 rings (SSSR count). The maximum absolute atomic E-state index is 12.1. The van der Waals surface area contributed by atoms with E-state index in [2.05, 4.69) is 5.10 Å². The number of alkyl halides is 1. The quantitative estimate of drug-likeness (QED) is 0.747. The number of hydrogen-bond donors (Lipinski definition) is 0. The van der Waals surface area contributed by atoms with Crippen molar-refractivity contribution in [1.29, 1.82) is 0 Å². The second-order valence-electron chi connectivity index (χ2n) is 2.98. The number of hydrogen-bond acceptors (Lipinski definition) is 3. The highest BCUT2D eigenvalue weighted by Crippen LogP contribution is 2.25. The van der Waals surface area contributed by atoms with Crippen molar-refractivity contribution in [3.05, 3.63) is 29.3 Å². The van der Waals surface area contributed by atoms with E-state index in [1.54, 1.807) is 6.20 Å². The normalized spacial score (nSPS) is 10.5. The van der Waals surface area contributed by atoms with Crippen LogP contribution in [0.5, 0.6) is 0 Å². The summed E-state index contributed by atoms with van der Waals surface area (Å²) in [6, 6.07) is 3.78. The number of aryl methyl sites for hydroxylation is 1. The maximum Gasteiger partial charge on any atom is 0.153 e. The van der Waals surface area contributed by atoms with Crippen LogP contribution in [0.1, 0.15) is 10.4 Å². The number of nitrogens with zero attached hydrogens (tertiary/aromatic N) is 2. The fourth-order valence-electron chi connectivity index (χ4n) is 1.33. The van der Waals surface area contributed by atoms with Crippen LogP contribution in [0, 0.1) is 0 Å². The van der Waals surface area contributed by atoms with Crippen LogP contribution in [0.15, 0.2) is 23.7 Å². The number of carbonyl (C=O) groups excluding carboxylic acids is 1. The van der Waals surface area contributed by atoms with Gasteiger partial charge in [-0.3, -0.25) is 9.48 Å². The van der Waals surface area contributed by atoms with Crippen molar-refractivity contribution in [3.8, 4) is 10.6 Å². The third kappa shape index (κ3) is 1.97. The van der Waals surface area contributed by atoms with E-state index in [4.69, 9.17) is 0 Å². The Morgan fingerprint density at radius 1 is 1.60 bits per heavy atom. The minimum absolute atomic E-state index is 0.187. The fraction of sp³-hybridized carbons (Fsp3) is 0.200. The first-order valence-corrected chi connectivity index (χ1v) is 5.35. The van der Waals surface area contributed by atoms with Gasteiger partial charge in [0, 0.05) is 6.20 Å². The second kappa shape index (κ2) is 4.35. The Bertz CT molecular complexity index is 450. The van der Waals surface area contributed by atoms with Crippen LogP contribution in [-0.4, -0.2) is 22.7 Å². The van der Waals surface area contributed by atoms with Crippen LogP contribution in [0.4, 0.5) is 4.39 Å². The summed E-state index contributed by atoms with van der Waals surface area (Å²) in [5.74, 6) is 0. The molecule has 0 fully saturated rings. The number of thiophene rings is 1. The van der Waals surface area contributed by atoms with Crippen LogP contribution < -0.4 is 0 Å². The minimum Gasteiger partial charge on any atom is -0.298 e. The number of halogens is 1. The molecule has 15 heavy (non-hydrogen) atoms. The Hall–Kier alpha value is -1.49. The number of aromatic nitrogens is 2.